The molecule has 0 spiro atoms. The lowest BCUT2D eigenvalue weighted by molar-refractivity contribution is -0.136. The molecule has 53 heavy (non-hydrogen) atoms. The van der Waals surface area contributed by atoms with Crippen molar-refractivity contribution in [3.63, 3.8) is 0 Å². The van der Waals surface area contributed by atoms with Crippen molar-refractivity contribution in [3.8, 4) is 16.8 Å². The van der Waals surface area contributed by atoms with E-state index in [4.69, 9.17) is 5.10 Å². The van der Waals surface area contributed by atoms with Crippen LogP contribution in [0, 0.1) is 0 Å². The largest absolute Gasteiger partial charge is 0.387 e. The number of nitrogens with one attached hydrogen (secondary N) is 2. The molecule has 0 bridgehead atoms. The number of fused-ring (bicyclic) bond motifs is 2. The summed E-state index contributed by atoms with van der Waals surface area (Å²) in [6.07, 6.45) is 10.5. The number of amides is 4. The fraction of sp³-hybridized carbons (Fsp3) is 0.250. The number of aryl methyl sites for hydroxylation is 1. The molecule has 13 heteroatoms. The standard InChI is InChI=1S/C40H35IN8O4/c41-44-34-10-2-25-21-26(1-8-30(25)34)33-23-48(45-37(33)24-13-15-42-16-14-24)28-5-3-27(4-6-28)46-17-19-47(20-18-46)29-7-9-31-32(22-29)40(53)49(39(31)52)35-11-12-36(50)43-38(35)51/h1,3-9,13-15,21-23,35,42H,2,10-12,16-20H2,(H,43,50,51). The second kappa shape index (κ2) is 13.4. The van der Waals surface area contributed by atoms with Crippen LogP contribution in [0.3, 0.4) is 0 Å². The minimum atomic E-state index is -0.978. The van der Waals surface area contributed by atoms with Gasteiger partial charge in [0.15, 0.2) is 0 Å². The van der Waals surface area contributed by atoms with Crippen LogP contribution >= 0.6 is 22.9 Å². The summed E-state index contributed by atoms with van der Waals surface area (Å²) < 4.78 is 6.43. The average Bonchev–Trinajstić information content (AvgIpc) is 3.89. The van der Waals surface area contributed by atoms with Crippen molar-refractivity contribution in [3.05, 3.63) is 113 Å². The number of hydrogen-bond acceptors (Lipinski definition) is 9. The lowest BCUT2D eigenvalue weighted by Crippen LogP contribution is -2.54. The smallest absolute Gasteiger partial charge is 0.262 e. The third-order valence-corrected chi connectivity index (χ3v) is 11.4. The molecule has 9 rings (SSSR count). The molecular formula is C40H35IN8O4. The van der Waals surface area contributed by atoms with Crippen LogP contribution in [0.4, 0.5) is 11.4 Å². The minimum absolute atomic E-state index is 0.0907. The normalized spacial score (nSPS) is 20.5. The van der Waals surface area contributed by atoms with Gasteiger partial charge < -0.3 is 15.1 Å². The Hall–Kier alpha value is -5.57. The zero-order valence-corrected chi connectivity index (χ0v) is 30.9. The van der Waals surface area contributed by atoms with Crippen molar-refractivity contribution in [1.29, 1.82) is 0 Å². The molecule has 1 unspecified atom stereocenters. The Morgan fingerprint density at radius 2 is 1.47 bits per heavy atom. The van der Waals surface area contributed by atoms with Gasteiger partial charge in [-0.15, -0.1) is 0 Å². The number of halogens is 1. The Kier molecular flexibility index (Phi) is 8.44. The van der Waals surface area contributed by atoms with Gasteiger partial charge in [0.1, 0.15) is 11.7 Å². The Bertz CT molecular complexity index is 2300. The van der Waals surface area contributed by atoms with E-state index in [0.29, 0.717) is 5.56 Å². The number of piperazine rings is 1. The van der Waals surface area contributed by atoms with E-state index in [1.54, 1.807) is 12.1 Å². The Morgan fingerprint density at radius 1 is 0.755 bits per heavy atom. The van der Waals surface area contributed by atoms with Gasteiger partial charge in [0.05, 0.1) is 45.4 Å². The van der Waals surface area contributed by atoms with Crippen LogP contribution in [0.15, 0.2) is 88.4 Å². The van der Waals surface area contributed by atoms with E-state index in [1.165, 1.54) is 11.1 Å². The number of nitrogens with zero attached hydrogens (tertiary/aromatic N) is 6. The first kappa shape index (κ1) is 33.3. The maximum absolute atomic E-state index is 13.4. The van der Waals surface area contributed by atoms with Crippen LogP contribution in [-0.2, 0) is 16.0 Å². The molecule has 2 fully saturated rings. The van der Waals surface area contributed by atoms with Crippen molar-refractivity contribution in [2.75, 3.05) is 42.5 Å². The number of allylic oxidation sites excluding steroid dienone is 2. The second-order valence-corrected chi connectivity index (χ2v) is 14.3. The Labute approximate surface area is 319 Å². The van der Waals surface area contributed by atoms with Crippen molar-refractivity contribution in [1.82, 2.24) is 25.3 Å². The highest BCUT2D eigenvalue weighted by Crippen LogP contribution is 2.35. The van der Waals surface area contributed by atoms with Crippen molar-refractivity contribution < 1.29 is 19.2 Å². The van der Waals surface area contributed by atoms with Gasteiger partial charge in [0, 0.05) is 67.9 Å². The molecule has 0 radical (unpaired) electrons. The summed E-state index contributed by atoms with van der Waals surface area (Å²) in [6.45, 7) is 3.77. The minimum Gasteiger partial charge on any atom is -0.387 e. The molecule has 5 heterocycles. The molecule has 3 aromatic carbocycles. The molecule has 2 saturated heterocycles. The number of carbonyl (C=O) groups is 4. The van der Waals surface area contributed by atoms with E-state index < -0.39 is 29.7 Å². The molecule has 4 aromatic rings. The van der Waals surface area contributed by atoms with Gasteiger partial charge in [-0.2, -0.15) is 5.10 Å². The van der Waals surface area contributed by atoms with E-state index >= 15 is 0 Å². The first-order valence-corrected chi connectivity index (χ1v) is 18.8. The van der Waals surface area contributed by atoms with Crippen LogP contribution in [0.5, 0.6) is 0 Å². The highest BCUT2D eigenvalue weighted by Gasteiger charge is 2.44. The van der Waals surface area contributed by atoms with E-state index in [1.807, 2.05) is 16.9 Å². The van der Waals surface area contributed by atoms with Crippen molar-refractivity contribution in [2.24, 2.45) is 3.21 Å². The van der Waals surface area contributed by atoms with Crippen molar-refractivity contribution in [2.45, 2.75) is 31.7 Å². The van der Waals surface area contributed by atoms with E-state index in [2.05, 4.69) is 107 Å². The zero-order chi connectivity index (χ0) is 36.2. The number of carbonyl (C=O) groups excluding carboxylic acids is 4. The number of hydrogen-bond donors (Lipinski definition) is 2. The fourth-order valence-electron chi connectivity index (χ4n) is 7.98. The maximum Gasteiger partial charge on any atom is 0.262 e. The van der Waals surface area contributed by atoms with E-state index in [9.17, 15) is 19.2 Å². The highest BCUT2D eigenvalue weighted by molar-refractivity contribution is 14.1. The van der Waals surface area contributed by atoms with Crippen LogP contribution in [-0.4, -0.2) is 82.8 Å². The molecule has 5 aliphatic rings. The Balaban J connectivity index is 0.901. The third kappa shape index (κ3) is 5.92. The van der Waals surface area contributed by atoms with E-state index in [-0.39, 0.29) is 18.4 Å². The van der Waals surface area contributed by atoms with Crippen LogP contribution in [0.25, 0.3) is 22.4 Å². The monoisotopic (exact) mass is 818 g/mol. The predicted octanol–water partition coefficient (Wildman–Crippen LogP) is 4.85. The number of benzene rings is 3. The molecule has 0 saturated carbocycles. The molecule has 1 aromatic heterocycles. The number of rotatable bonds is 6. The molecule has 4 aliphatic heterocycles. The number of dihydropyridines is 1. The molecule has 4 amide bonds. The van der Waals surface area contributed by atoms with Gasteiger partial charge in [-0.05, 0) is 90.7 Å². The topological polar surface area (TPSA) is 132 Å². The number of imide groups is 2. The van der Waals surface area contributed by atoms with Gasteiger partial charge >= 0.3 is 0 Å². The quantitative estimate of drug-likeness (QED) is 0.209. The molecule has 1 atom stereocenters. The van der Waals surface area contributed by atoms with Gasteiger partial charge in [-0.25, -0.2) is 7.89 Å². The summed E-state index contributed by atoms with van der Waals surface area (Å²) in [4.78, 5) is 56.2. The molecular weight excluding hydrogens is 783 g/mol. The summed E-state index contributed by atoms with van der Waals surface area (Å²) in [5.41, 5.74) is 11.5. The van der Waals surface area contributed by atoms with Gasteiger partial charge in [-0.1, -0.05) is 24.3 Å². The number of aromatic nitrogens is 2. The number of anilines is 2. The average molecular weight is 819 g/mol. The molecule has 2 N–H and O–H groups in total. The third-order valence-electron chi connectivity index (χ3n) is 10.8. The fourth-order valence-corrected chi connectivity index (χ4v) is 8.48. The van der Waals surface area contributed by atoms with Crippen molar-refractivity contribution >= 4 is 69.2 Å². The lowest BCUT2D eigenvalue weighted by Gasteiger charge is -2.37. The van der Waals surface area contributed by atoms with Crippen LogP contribution < -0.4 is 20.4 Å². The molecule has 266 valence electrons. The summed E-state index contributed by atoms with van der Waals surface area (Å²) in [7, 11) is 0. The zero-order valence-electron chi connectivity index (χ0n) is 28.7. The molecule has 1 aliphatic carbocycles. The van der Waals surface area contributed by atoms with E-state index in [0.717, 1.165) is 95.6 Å². The van der Waals surface area contributed by atoms with Gasteiger partial charge in [-0.3, -0.25) is 29.4 Å². The SMILES string of the molecule is O=C1CCC(N2C(=O)c3ccc(N4CCN(c5ccc(-n6cc(-c7ccc8c(c7)CCC8=NI)c(C7=CCNC=C7)n6)cc5)CC4)cc3C2=O)C(=O)N1. The summed E-state index contributed by atoms with van der Waals surface area (Å²) >= 11 is 2.10. The van der Waals surface area contributed by atoms with Gasteiger partial charge in [0.2, 0.25) is 11.8 Å². The van der Waals surface area contributed by atoms with Gasteiger partial charge in [0.25, 0.3) is 11.8 Å². The van der Waals surface area contributed by atoms with Crippen LogP contribution in [0.1, 0.15) is 56.8 Å². The second-order valence-electron chi connectivity index (χ2n) is 13.8. The predicted molar refractivity (Wildman–Crippen MR) is 211 cm³/mol. The summed E-state index contributed by atoms with van der Waals surface area (Å²) in [5, 5.41) is 10.6. The maximum atomic E-state index is 13.4. The highest BCUT2D eigenvalue weighted by atomic mass is 127. The number of piperidine rings is 1. The lowest BCUT2D eigenvalue weighted by atomic mass is 9.97. The first-order valence-electron chi connectivity index (χ1n) is 17.8. The van der Waals surface area contributed by atoms with Crippen LogP contribution in [0.2, 0.25) is 0 Å². The first-order chi connectivity index (χ1) is 25.9. The molecule has 12 nitrogen and oxygen atoms in total. The summed E-state index contributed by atoms with van der Waals surface area (Å²) in [6, 6.07) is 19.5. The Morgan fingerprint density at radius 3 is 2.21 bits per heavy atom. The summed E-state index contributed by atoms with van der Waals surface area (Å²) in [5.74, 6) is -1.99.